The predicted molar refractivity (Wildman–Crippen MR) is 65.9 cm³/mol. The molecule has 1 aliphatic heterocycles. The molecule has 1 nitrogen and oxygen atoms in total. The monoisotopic (exact) mass is 209 g/mol. The van der Waals surface area contributed by atoms with Crippen LogP contribution in [0.15, 0.2) is 0 Å². The summed E-state index contributed by atoms with van der Waals surface area (Å²) in [6.45, 7) is 12.2. The van der Waals surface area contributed by atoms with Crippen molar-refractivity contribution in [2.75, 3.05) is 13.1 Å². The van der Waals surface area contributed by atoms with E-state index in [0.717, 1.165) is 29.7 Å². The molecule has 0 N–H and O–H groups in total. The molecule has 0 radical (unpaired) electrons. The average molecular weight is 209 g/mol. The van der Waals surface area contributed by atoms with Crippen LogP contribution in [0.3, 0.4) is 0 Å². The van der Waals surface area contributed by atoms with E-state index < -0.39 is 0 Å². The first-order valence-electron chi connectivity index (χ1n) is 6.91. The molecule has 2 fully saturated rings. The van der Waals surface area contributed by atoms with Crippen molar-refractivity contribution in [3.8, 4) is 0 Å². The van der Waals surface area contributed by atoms with Crippen molar-refractivity contribution in [2.24, 2.45) is 23.7 Å². The van der Waals surface area contributed by atoms with Crippen molar-refractivity contribution >= 4 is 0 Å². The maximum absolute atomic E-state index is 2.71. The highest BCUT2D eigenvalue weighted by molar-refractivity contribution is 4.97. The Bertz CT molecular complexity index is 193. The quantitative estimate of drug-likeness (QED) is 0.688. The number of fused-ring (bicyclic) bond motifs is 1. The summed E-state index contributed by atoms with van der Waals surface area (Å²) in [5.74, 6) is 4.12. The van der Waals surface area contributed by atoms with Gasteiger partial charge in [0.15, 0.2) is 0 Å². The van der Waals surface area contributed by atoms with Gasteiger partial charge in [-0.1, -0.05) is 26.7 Å². The molecule has 0 spiro atoms. The van der Waals surface area contributed by atoms with Gasteiger partial charge in [-0.15, -0.1) is 0 Å². The van der Waals surface area contributed by atoms with Crippen LogP contribution in [-0.2, 0) is 0 Å². The topological polar surface area (TPSA) is 3.24 Å². The Hall–Kier alpha value is -0.0400. The second-order valence-electron chi connectivity index (χ2n) is 5.95. The van der Waals surface area contributed by atoms with E-state index in [2.05, 4.69) is 32.6 Å². The zero-order valence-corrected chi connectivity index (χ0v) is 10.9. The molecule has 4 unspecified atom stereocenters. The lowest BCUT2D eigenvalue weighted by Crippen LogP contribution is -2.30. The Morgan fingerprint density at radius 2 is 1.47 bits per heavy atom. The molecule has 88 valence electrons. The molecule has 0 aromatic heterocycles. The van der Waals surface area contributed by atoms with E-state index in [4.69, 9.17) is 0 Å². The van der Waals surface area contributed by atoms with Gasteiger partial charge in [0.2, 0.25) is 0 Å². The van der Waals surface area contributed by atoms with E-state index in [0.29, 0.717) is 0 Å². The summed E-state index contributed by atoms with van der Waals surface area (Å²) in [5.41, 5.74) is 0. The van der Waals surface area contributed by atoms with Gasteiger partial charge in [-0.3, -0.25) is 0 Å². The maximum Gasteiger partial charge on any atom is 0.00388 e. The van der Waals surface area contributed by atoms with Gasteiger partial charge in [0.25, 0.3) is 0 Å². The lowest BCUT2D eigenvalue weighted by atomic mass is 9.89. The number of hydrogen-bond donors (Lipinski definition) is 0. The Morgan fingerprint density at radius 1 is 1.00 bits per heavy atom. The first kappa shape index (κ1) is 11.4. The highest BCUT2D eigenvalue weighted by Crippen LogP contribution is 2.48. The van der Waals surface area contributed by atoms with Gasteiger partial charge in [-0.2, -0.15) is 0 Å². The van der Waals surface area contributed by atoms with Crippen LogP contribution in [-0.4, -0.2) is 24.0 Å². The molecule has 1 saturated heterocycles. The summed E-state index contributed by atoms with van der Waals surface area (Å²) in [7, 11) is 0. The third kappa shape index (κ3) is 1.95. The van der Waals surface area contributed by atoms with Crippen LogP contribution in [0.25, 0.3) is 0 Å². The van der Waals surface area contributed by atoms with E-state index in [1.807, 2.05) is 0 Å². The molecular weight excluding hydrogens is 182 g/mol. The second-order valence-corrected chi connectivity index (χ2v) is 5.95. The zero-order chi connectivity index (χ0) is 11.0. The van der Waals surface area contributed by atoms with Gasteiger partial charge in [0.1, 0.15) is 0 Å². The van der Waals surface area contributed by atoms with Gasteiger partial charge >= 0.3 is 0 Å². The molecule has 0 bridgehead atoms. The molecule has 1 aliphatic carbocycles. The molecule has 15 heavy (non-hydrogen) atoms. The molecule has 0 amide bonds. The molecule has 2 aliphatic rings. The molecule has 0 aromatic rings. The van der Waals surface area contributed by atoms with E-state index in [9.17, 15) is 0 Å². The predicted octanol–water partition coefficient (Wildman–Crippen LogP) is 3.40. The maximum atomic E-state index is 2.71. The smallest absolute Gasteiger partial charge is 0.00388 e. The van der Waals surface area contributed by atoms with Gasteiger partial charge < -0.3 is 4.90 Å². The molecule has 1 heteroatoms. The van der Waals surface area contributed by atoms with Crippen LogP contribution in [0, 0.1) is 23.7 Å². The number of likely N-dealkylation sites (tertiary alicyclic amines) is 1. The highest BCUT2D eigenvalue weighted by atomic mass is 15.2. The fraction of sp³-hybridized carbons (Fsp3) is 1.00. The SMILES string of the molecule is CCC1CC(CC)C2CN(C(C)C)CC12. The molecular formula is C14H27N. The third-order valence-electron chi connectivity index (χ3n) is 5.04. The Kier molecular flexibility index (Phi) is 3.39. The van der Waals surface area contributed by atoms with E-state index in [1.54, 1.807) is 0 Å². The van der Waals surface area contributed by atoms with Crippen molar-refractivity contribution in [3.05, 3.63) is 0 Å². The first-order chi connectivity index (χ1) is 7.17. The lowest BCUT2D eigenvalue weighted by molar-refractivity contribution is 0.228. The van der Waals surface area contributed by atoms with Crippen molar-refractivity contribution in [1.29, 1.82) is 0 Å². The van der Waals surface area contributed by atoms with Crippen molar-refractivity contribution in [2.45, 2.75) is 53.0 Å². The number of hydrogen-bond acceptors (Lipinski definition) is 1. The summed E-state index contributed by atoms with van der Waals surface area (Å²) in [6.07, 6.45) is 4.33. The number of rotatable bonds is 3. The van der Waals surface area contributed by atoms with Crippen LogP contribution >= 0.6 is 0 Å². The third-order valence-corrected chi connectivity index (χ3v) is 5.04. The van der Waals surface area contributed by atoms with E-state index >= 15 is 0 Å². The normalized spacial score (nSPS) is 41.4. The lowest BCUT2D eigenvalue weighted by Gasteiger charge is -2.24. The fourth-order valence-electron chi connectivity index (χ4n) is 3.98. The van der Waals surface area contributed by atoms with Crippen molar-refractivity contribution in [1.82, 2.24) is 4.90 Å². The first-order valence-corrected chi connectivity index (χ1v) is 6.91. The average Bonchev–Trinajstić information content (AvgIpc) is 2.74. The van der Waals surface area contributed by atoms with Crippen LogP contribution in [0.1, 0.15) is 47.0 Å². The summed E-state index contributed by atoms with van der Waals surface area (Å²) in [5, 5.41) is 0. The highest BCUT2D eigenvalue weighted by Gasteiger charge is 2.46. The molecule has 2 rings (SSSR count). The van der Waals surface area contributed by atoms with Gasteiger partial charge in [0.05, 0.1) is 0 Å². The summed E-state index contributed by atoms with van der Waals surface area (Å²) in [6, 6.07) is 0.755. The minimum absolute atomic E-state index is 0.755. The van der Waals surface area contributed by atoms with E-state index in [-0.39, 0.29) is 0 Å². The van der Waals surface area contributed by atoms with Crippen molar-refractivity contribution < 1.29 is 0 Å². The van der Waals surface area contributed by atoms with Crippen LogP contribution in [0.4, 0.5) is 0 Å². The second kappa shape index (κ2) is 4.45. The van der Waals surface area contributed by atoms with Crippen LogP contribution in [0.5, 0.6) is 0 Å². The van der Waals surface area contributed by atoms with Gasteiger partial charge in [-0.25, -0.2) is 0 Å². The Labute approximate surface area is 95.2 Å². The summed E-state index contributed by atoms with van der Waals surface area (Å²) in [4.78, 5) is 2.71. The van der Waals surface area contributed by atoms with Gasteiger partial charge in [-0.05, 0) is 43.9 Å². The molecule has 1 saturated carbocycles. The zero-order valence-electron chi connectivity index (χ0n) is 10.9. The standard InChI is InChI=1S/C14H27N/c1-5-11-7-12(6-2)14-9-15(10(3)4)8-13(11)14/h10-14H,5-9H2,1-4H3. The summed E-state index contributed by atoms with van der Waals surface area (Å²) < 4.78 is 0. The largest absolute Gasteiger partial charge is 0.300 e. The summed E-state index contributed by atoms with van der Waals surface area (Å²) >= 11 is 0. The number of nitrogens with zero attached hydrogens (tertiary/aromatic N) is 1. The molecule has 4 atom stereocenters. The Morgan fingerprint density at radius 3 is 1.80 bits per heavy atom. The molecule has 1 heterocycles. The minimum atomic E-state index is 0.755. The van der Waals surface area contributed by atoms with Gasteiger partial charge in [0, 0.05) is 19.1 Å². The van der Waals surface area contributed by atoms with Crippen molar-refractivity contribution in [3.63, 3.8) is 0 Å². The fourth-order valence-corrected chi connectivity index (χ4v) is 3.98. The Balaban J connectivity index is 2.05. The van der Waals surface area contributed by atoms with Crippen LogP contribution in [0.2, 0.25) is 0 Å². The molecule has 0 aromatic carbocycles. The van der Waals surface area contributed by atoms with E-state index in [1.165, 1.54) is 32.4 Å². The van der Waals surface area contributed by atoms with Crippen LogP contribution < -0.4 is 0 Å². The minimum Gasteiger partial charge on any atom is -0.300 e.